The zero-order chi connectivity index (χ0) is 14.1. The lowest BCUT2D eigenvalue weighted by Crippen LogP contribution is -2.60. The number of nitrogens with zero attached hydrogens (tertiary/aromatic N) is 1. The first kappa shape index (κ1) is 12.6. The van der Waals surface area contributed by atoms with Crippen LogP contribution in [0.25, 0.3) is 0 Å². The van der Waals surface area contributed by atoms with Crippen molar-refractivity contribution in [2.24, 2.45) is 0 Å². The summed E-state index contributed by atoms with van der Waals surface area (Å²) in [6.07, 6.45) is -1.15. The second kappa shape index (κ2) is 4.90. The van der Waals surface area contributed by atoms with Crippen molar-refractivity contribution in [2.75, 3.05) is 0 Å². The molecule has 0 aliphatic carbocycles. The molecule has 1 saturated heterocycles. The molecule has 1 aliphatic heterocycles. The van der Waals surface area contributed by atoms with Crippen LogP contribution in [0, 0.1) is 0 Å². The summed E-state index contributed by atoms with van der Waals surface area (Å²) in [5.41, 5.74) is 1.19. The number of β-lactam (4-membered cyclic amide) rings is 1. The third-order valence-electron chi connectivity index (χ3n) is 3.45. The molecule has 1 fully saturated rings. The lowest BCUT2D eigenvalue weighted by molar-refractivity contribution is -0.160. The Kier molecular flexibility index (Phi) is 3.08. The molecule has 4 nitrogen and oxygen atoms in total. The number of hydrogen-bond acceptors (Lipinski definition) is 3. The predicted octanol–water partition coefficient (Wildman–Crippen LogP) is 1.77. The summed E-state index contributed by atoms with van der Waals surface area (Å²) >= 11 is 0. The number of imide groups is 1. The molecule has 0 bridgehead atoms. The molecule has 1 aliphatic rings. The zero-order valence-electron chi connectivity index (χ0n) is 10.6. The highest BCUT2D eigenvalue weighted by atomic mass is 16.3. The number of hydrogen-bond donors (Lipinski definition) is 1. The van der Waals surface area contributed by atoms with E-state index in [-0.39, 0.29) is 5.91 Å². The van der Waals surface area contributed by atoms with Crippen molar-refractivity contribution in [2.45, 2.75) is 12.1 Å². The van der Waals surface area contributed by atoms with Crippen LogP contribution in [0.15, 0.2) is 60.7 Å². The Morgan fingerprint density at radius 3 is 2.10 bits per heavy atom. The summed E-state index contributed by atoms with van der Waals surface area (Å²) < 4.78 is 0. The summed E-state index contributed by atoms with van der Waals surface area (Å²) in [6, 6.07) is 17.1. The minimum absolute atomic E-state index is 0.380. The van der Waals surface area contributed by atoms with Gasteiger partial charge in [0.25, 0.3) is 11.8 Å². The summed E-state index contributed by atoms with van der Waals surface area (Å²) in [5, 5.41) is 9.85. The first-order chi connectivity index (χ1) is 9.70. The molecule has 3 rings (SSSR count). The Hall–Kier alpha value is -2.46. The lowest BCUT2D eigenvalue weighted by atomic mass is 9.90. The zero-order valence-corrected chi connectivity index (χ0v) is 10.6. The smallest absolute Gasteiger partial charge is 0.261 e. The van der Waals surface area contributed by atoms with Crippen LogP contribution in [0.5, 0.6) is 0 Å². The summed E-state index contributed by atoms with van der Waals surface area (Å²) in [6.45, 7) is 0. The molecule has 2 atom stereocenters. The third-order valence-corrected chi connectivity index (χ3v) is 3.45. The molecule has 2 amide bonds. The third kappa shape index (κ3) is 1.90. The molecule has 4 heteroatoms. The molecule has 0 spiro atoms. The van der Waals surface area contributed by atoms with Crippen LogP contribution in [0.1, 0.15) is 22.0 Å². The van der Waals surface area contributed by atoms with Crippen LogP contribution in [0.4, 0.5) is 0 Å². The van der Waals surface area contributed by atoms with Gasteiger partial charge in [-0.15, -0.1) is 0 Å². The molecule has 2 aromatic carbocycles. The molecular weight excluding hydrogens is 254 g/mol. The van der Waals surface area contributed by atoms with Gasteiger partial charge in [-0.1, -0.05) is 48.5 Å². The molecule has 1 heterocycles. The van der Waals surface area contributed by atoms with E-state index in [1.807, 2.05) is 18.2 Å². The lowest BCUT2D eigenvalue weighted by Gasteiger charge is -2.43. The van der Waals surface area contributed by atoms with Gasteiger partial charge < -0.3 is 5.11 Å². The van der Waals surface area contributed by atoms with Crippen LogP contribution in [0.2, 0.25) is 0 Å². The standard InChI is InChI=1S/C16H13NO3/c18-14-13(11-7-3-1-4-8-11)17(16(14)20)15(19)12-9-5-2-6-10-12/h1-10,13-14,18H/t13-,14+/m1/s1. The van der Waals surface area contributed by atoms with E-state index in [2.05, 4.69) is 0 Å². The van der Waals surface area contributed by atoms with Gasteiger partial charge in [-0.2, -0.15) is 0 Å². The van der Waals surface area contributed by atoms with E-state index >= 15 is 0 Å². The monoisotopic (exact) mass is 267 g/mol. The van der Waals surface area contributed by atoms with Crippen LogP contribution in [0.3, 0.4) is 0 Å². The number of carbonyl (C=O) groups is 2. The second-order valence-corrected chi connectivity index (χ2v) is 4.68. The number of aliphatic hydroxyl groups excluding tert-OH is 1. The van der Waals surface area contributed by atoms with Crippen LogP contribution < -0.4 is 0 Å². The molecule has 0 unspecified atom stereocenters. The van der Waals surface area contributed by atoms with Crippen molar-refractivity contribution in [3.8, 4) is 0 Å². The Bertz CT molecular complexity index is 639. The van der Waals surface area contributed by atoms with Crippen molar-refractivity contribution < 1.29 is 14.7 Å². The number of aliphatic hydroxyl groups is 1. The van der Waals surface area contributed by atoms with Gasteiger partial charge in [-0.25, -0.2) is 0 Å². The Morgan fingerprint density at radius 1 is 0.950 bits per heavy atom. The molecule has 20 heavy (non-hydrogen) atoms. The molecule has 100 valence electrons. The molecule has 2 aromatic rings. The number of likely N-dealkylation sites (tertiary alicyclic amines) is 1. The average molecular weight is 267 g/mol. The van der Waals surface area contributed by atoms with E-state index in [1.165, 1.54) is 0 Å². The quantitative estimate of drug-likeness (QED) is 0.666. The topological polar surface area (TPSA) is 57.6 Å². The van der Waals surface area contributed by atoms with Gasteiger partial charge in [0.1, 0.15) is 6.04 Å². The largest absolute Gasteiger partial charge is 0.381 e. The van der Waals surface area contributed by atoms with Crippen molar-refractivity contribution in [1.29, 1.82) is 0 Å². The summed E-state index contributed by atoms with van der Waals surface area (Å²) in [4.78, 5) is 25.3. The first-order valence-corrected chi connectivity index (χ1v) is 6.35. The molecule has 1 N–H and O–H groups in total. The van der Waals surface area contributed by atoms with Gasteiger partial charge in [0, 0.05) is 5.56 Å². The van der Waals surface area contributed by atoms with Gasteiger partial charge >= 0.3 is 0 Å². The highest BCUT2D eigenvalue weighted by Crippen LogP contribution is 2.35. The van der Waals surface area contributed by atoms with E-state index in [0.717, 1.165) is 10.5 Å². The predicted molar refractivity (Wildman–Crippen MR) is 72.8 cm³/mol. The van der Waals surface area contributed by atoms with Crippen LogP contribution in [-0.2, 0) is 4.79 Å². The molecule has 0 saturated carbocycles. The van der Waals surface area contributed by atoms with E-state index < -0.39 is 18.1 Å². The van der Waals surface area contributed by atoms with Crippen LogP contribution >= 0.6 is 0 Å². The first-order valence-electron chi connectivity index (χ1n) is 6.35. The fraction of sp³-hybridized carbons (Fsp3) is 0.125. The molecular formula is C16H13NO3. The van der Waals surface area contributed by atoms with E-state index in [4.69, 9.17) is 0 Å². The fourth-order valence-corrected chi connectivity index (χ4v) is 2.40. The van der Waals surface area contributed by atoms with E-state index in [1.54, 1.807) is 42.5 Å². The van der Waals surface area contributed by atoms with Crippen molar-refractivity contribution >= 4 is 11.8 Å². The van der Waals surface area contributed by atoms with Crippen molar-refractivity contribution in [3.63, 3.8) is 0 Å². The SMILES string of the molecule is O=C(c1ccccc1)N1C(=O)[C@@H](O)[C@H]1c1ccccc1. The minimum atomic E-state index is -1.15. The summed E-state index contributed by atoms with van der Waals surface area (Å²) in [7, 11) is 0. The maximum atomic E-state index is 12.4. The molecule has 0 aromatic heterocycles. The highest BCUT2D eigenvalue weighted by Gasteiger charge is 2.50. The van der Waals surface area contributed by atoms with Crippen LogP contribution in [-0.4, -0.2) is 27.9 Å². The van der Waals surface area contributed by atoms with Crippen molar-refractivity contribution in [3.05, 3.63) is 71.8 Å². The maximum Gasteiger partial charge on any atom is 0.261 e. The number of benzene rings is 2. The minimum Gasteiger partial charge on any atom is -0.381 e. The summed E-state index contributed by atoms with van der Waals surface area (Å²) in [5.74, 6) is -0.928. The normalized spacial score (nSPS) is 21.4. The number of carbonyl (C=O) groups excluding carboxylic acids is 2. The van der Waals surface area contributed by atoms with E-state index in [0.29, 0.717) is 5.56 Å². The van der Waals surface area contributed by atoms with Gasteiger partial charge in [0.15, 0.2) is 6.10 Å². The van der Waals surface area contributed by atoms with Gasteiger partial charge in [-0.3, -0.25) is 14.5 Å². The average Bonchev–Trinajstić information content (AvgIpc) is 2.52. The van der Waals surface area contributed by atoms with Gasteiger partial charge in [0.05, 0.1) is 0 Å². The highest BCUT2D eigenvalue weighted by molar-refractivity contribution is 6.10. The Morgan fingerprint density at radius 2 is 1.50 bits per heavy atom. The fourth-order valence-electron chi connectivity index (χ4n) is 2.40. The second-order valence-electron chi connectivity index (χ2n) is 4.68. The van der Waals surface area contributed by atoms with E-state index in [9.17, 15) is 14.7 Å². The van der Waals surface area contributed by atoms with Gasteiger partial charge in [0.2, 0.25) is 0 Å². The van der Waals surface area contributed by atoms with Crippen molar-refractivity contribution in [1.82, 2.24) is 4.90 Å². The number of amides is 2. The number of rotatable bonds is 2. The molecule has 0 radical (unpaired) electrons. The Balaban J connectivity index is 1.92. The Labute approximate surface area is 116 Å². The van der Waals surface area contributed by atoms with Gasteiger partial charge in [-0.05, 0) is 17.7 Å². The maximum absolute atomic E-state index is 12.4.